The maximum atomic E-state index is 12.1. The van der Waals surface area contributed by atoms with Crippen molar-refractivity contribution in [2.45, 2.75) is 19.9 Å². The Kier molecular flexibility index (Phi) is 3.53. The summed E-state index contributed by atoms with van der Waals surface area (Å²) in [6.45, 7) is 3.50. The van der Waals surface area contributed by atoms with Crippen molar-refractivity contribution < 1.29 is 4.79 Å². The topological polar surface area (TPSA) is 77.8 Å². The van der Waals surface area contributed by atoms with Crippen LogP contribution in [0, 0.1) is 18.3 Å². The largest absolute Gasteiger partial charge is 0.312 e. The molecule has 1 aliphatic rings. The Morgan fingerprint density at radius 1 is 1.60 bits per heavy atom. The van der Waals surface area contributed by atoms with Crippen molar-refractivity contribution in [2.75, 3.05) is 11.9 Å². The fourth-order valence-corrected chi connectivity index (χ4v) is 3.93. The Bertz CT molecular complexity index is 711. The summed E-state index contributed by atoms with van der Waals surface area (Å²) in [4.78, 5) is 17.4. The number of thiophene rings is 1. The quantitative estimate of drug-likeness (QED) is 0.892. The van der Waals surface area contributed by atoms with E-state index in [9.17, 15) is 10.1 Å². The third kappa shape index (κ3) is 2.33. The molecule has 20 heavy (non-hydrogen) atoms. The molecule has 7 heteroatoms. The molecule has 0 radical (unpaired) electrons. The van der Waals surface area contributed by atoms with E-state index in [0.717, 1.165) is 35.0 Å². The van der Waals surface area contributed by atoms with Crippen molar-refractivity contribution in [3.8, 4) is 6.07 Å². The van der Waals surface area contributed by atoms with Gasteiger partial charge >= 0.3 is 0 Å². The number of rotatable bonds is 2. The Hall–Kier alpha value is -1.75. The zero-order valence-electron chi connectivity index (χ0n) is 10.8. The minimum absolute atomic E-state index is 0.252. The highest BCUT2D eigenvalue weighted by Crippen LogP contribution is 2.35. The molecule has 0 aliphatic carbocycles. The van der Waals surface area contributed by atoms with Crippen LogP contribution in [0.2, 0.25) is 0 Å². The van der Waals surface area contributed by atoms with Crippen molar-refractivity contribution >= 4 is 33.6 Å². The van der Waals surface area contributed by atoms with Crippen molar-refractivity contribution in [3.05, 3.63) is 32.1 Å². The summed E-state index contributed by atoms with van der Waals surface area (Å²) in [5, 5.41) is 18.6. The molecule has 0 unspecified atom stereocenters. The highest BCUT2D eigenvalue weighted by atomic mass is 32.1. The van der Waals surface area contributed by atoms with Crippen molar-refractivity contribution in [2.24, 2.45) is 0 Å². The number of nitrogens with one attached hydrogen (secondary N) is 2. The minimum atomic E-state index is -0.252. The summed E-state index contributed by atoms with van der Waals surface area (Å²) in [6, 6.07) is 2.22. The number of nitriles is 1. The second-order valence-electron chi connectivity index (χ2n) is 4.45. The zero-order chi connectivity index (χ0) is 14.1. The minimum Gasteiger partial charge on any atom is -0.312 e. The predicted octanol–water partition coefficient (Wildman–Crippen LogP) is 2.28. The van der Waals surface area contributed by atoms with Crippen LogP contribution < -0.4 is 10.6 Å². The van der Waals surface area contributed by atoms with E-state index in [0.29, 0.717) is 16.3 Å². The molecule has 1 amide bonds. The number of hydrogen-bond donors (Lipinski definition) is 2. The Morgan fingerprint density at radius 2 is 2.45 bits per heavy atom. The molecule has 2 aromatic heterocycles. The average molecular weight is 304 g/mol. The summed E-state index contributed by atoms with van der Waals surface area (Å²) in [6.07, 6.45) is 0.834. The lowest BCUT2D eigenvalue weighted by atomic mass is 10.1. The van der Waals surface area contributed by atoms with E-state index in [1.54, 1.807) is 5.38 Å². The number of fused-ring (bicyclic) bond motifs is 1. The molecule has 0 fully saturated rings. The van der Waals surface area contributed by atoms with Gasteiger partial charge in [-0.1, -0.05) is 0 Å². The molecule has 0 saturated carbocycles. The van der Waals surface area contributed by atoms with Crippen LogP contribution >= 0.6 is 22.7 Å². The van der Waals surface area contributed by atoms with Gasteiger partial charge < -0.3 is 10.6 Å². The third-order valence-corrected chi connectivity index (χ3v) is 5.04. The lowest BCUT2D eigenvalue weighted by Crippen LogP contribution is -2.22. The second-order valence-corrected chi connectivity index (χ2v) is 6.62. The molecule has 2 N–H and O–H groups in total. The number of carbonyl (C=O) groups is 1. The Balaban J connectivity index is 1.89. The van der Waals surface area contributed by atoms with Gasteiger partial charge in [0.1, 0.15) is 16.8 Å². The molecule has 3 heterocycles. The molecule has 1 aliphatic heterocycles. The summed E-state index contributed by atoms with van der Waals surface area (Å²) < 4.78 is 0. The summed E-state index contributed by atoms with van der Waals surface area (Å²) >= 11 is 2.91. The number of aryl methyl sites for hydroxylation is 1. The van der Waals surface area contributed by atoms with E-state index in [-0.39, 0.29) is 5.91 Å². The summed E-state index contributed by atoms with van der Waals surface area (Å²) in [5.74, 6) is -0.252. The van der Waals surface area contributed by atoms with Crippen LogP contribution in [0.3, 0.4) is 0 Å². The molecule has 2 aromatic rings. The number of hydrogen-bond acceptors (Lipinski definition) is 6. The number of thiazole rings is 1. The Labute approximate surface area is 124 Å². The zero-order valence-corrected chi connectivity index (χ0v) is 12.5. The molecule has 0 atom stereocenters. The fraction of sp³-hybridized carbons (Fsp3) is 0.308. The molecule has 0 bridgehead atoms. The summed E-state index contributed by atoms with van der Waals surface area (Å²) in [7, 11) is 0. The van der Waals surface area contributed by atoms with E-state index >= 15 is 0 Å². The van der Waals surface area contributed by atoms with Gasteiger partial charge in [0.25, 0.3) is 5.91 Å². The van der Waals surface area contributed by atoms with E-state index in [1.807, 2.05) is 6.92 Å². The second kappa shape index (κ2) is 5.32. The van der Waals surface area contributed by atoms with Gasteiger partial charge in [0.2, 0.25) is 0 Å². The molecular weight excluding hydrogens is 292 g/mol. The first kappa shape index (κ1) is 13.2. The molecule has 0 saturated heterocycles. The van der Waals surface area contributed by atoms with Crippen LogP contribution in [0.4, 0.5) is 5.00 Å². The highest BCUT2D eigenvalue weighted by molar-refractivity contribution is 7.16. The maximum Gasteiger partial charge on any atom is 0.275 e. The van der Waals surface area contributed by atoms with Crippen LogP contribution in [0.25, 0.3) is 0 Å². The van der Waals surface area contributed by atoms with Gasteiger partial charge in [-0.15, -0.1) is 22.7 Å². The van der Waals surface area contributed by atoms with Crippen LogP contribution in [-0.2, 0) is 13.0 Å². The number of nitrogens with zero attached hydrogens (tertiary/aromatic N) is 2. The van der Waals surface area contributed by atoms with E-state index in [2.05, 4.69) is 21.7 Å². The highest BCUT2D eigenvalue weighted by Gasteiger charge is 2.22. The first-order chi connectivity index (χ1) is 9.69. The predicted molar refractivity (Wildman–Crippen MR) is 79.2 cm³/mol. The number of carbonyl (C=O) groups excluding carboxylic acids is 1. The van der Waals surface area contributed by atoms with E-state index in [4.69, 9.17) is 0 Å². The maximum absolute atomic E-state index is 12.1. The fourth-order valence-electron chi connectivity index (χ4n) is 2.18. The normalized spacial score (nSPS) is 13.6. The lowest BCUT2D eigenvalue weighted by molar-refractivity contribution is 0.102. The van der Waals surface area contributed by atoms with E-state index < -0.39 is 0 Å². The van der Waals surface area contributed by atoms with Gasteiger partial charge in [0.05, 0.1) is 10.6 Å². The van der Waals surface area contributed by atoms with Crippen LogP contribution in [0.15, 0.2) is 5.38 Å². The van der Waals surface area contributed by atoms with Crippen LogP contribution in [-0.4, -0.2) is 17.4 Å². The molecular formula is C13H12N4OS2. The first-order valence-corrected chi connectivity index (χ1v) is 7.87. The number of aromatic nitrogens is 1. The lowest BCUT2D eigenvalue weighted by Gasteiger charge is -2.11. The van der Waals surface area contributed by atoms with Gasteiger partial charge in [0, 0.05) is 16.8 Å². The number of amides is 1. The molecule has 5 nitrogen and oxygen atoms in total. The van der Waals surface area contributed by atoms with Crippen LogP contribution in [0.5, 0.6) is 0 Å². The van der Waals surface area contributed by atoms with Gasteiger partial charge in [-0.25, -0.2) is 4.98 Å². The SMILES string of the molecule is Cc1nc(C(=O)Nc2sc3c(c2C#N)CCNC3)cs1. The standard InChI is InChI=1S/C13H12N4OS2/c1-7-16-10(6-19-7)12(18)17-13-9(4-14)8-2-3-15-5-11(8)20-13/h6,15H,2-3,5H2,1H3,(H,17,18). The van der Waals surface area contributed by atoms with Gasteiger partial charge in [-0.05, 0) is 25.5 Å². The van der Waals surface area contributed by atoms with Crippen molar-refractivity contribution in [3.63, 3.8) is 0 Å². The summed E-state index contributed by atoms with van der Waals surface area (Å²) in [5.41, 5.74) is 2.08. The average Bonchev–Trinajstić information content (AvgIpc) is 3.01. The van der Waals surface area contributed by atoms with Crippen molar-refractivity contribution in [1.82, 2.24) is 10.3 Å². The van der Waals surface area contributed by atoms with E-state index in [1.165, 1.54) is 22.7 Å². The van der Waals surface area contributed by atoms with Gasteiger partial charge in [0.15, 0.2) is 0 Å². The van der Waals surface area contributed by atoms with Gasteiger partial charge in [-0.3, -0.25) is 4.79 Å². The van der Waals surface area contributed by atoms with Crippen molar-refractivity contribution in [1.29, 1.82) is 5.26 Å². The number of anilines is 1. The molecule has 102 valence electrons. The Morgan fingerprint density at radius 3 is 3.15 bits per heavy atom. The monoisotopic (exact) mass is 304 g/mol. The van der Waals surface area contributed by atoms with Crippen LogP contribution in [0.1, 0.15) is 31.5 Å². The molecule has 0 aromatic carbocycles. The third-order valence-electron chi connectivity index (χ3n) is 3.12. The molecule has 3 rings (SSSR count). The van der Waals surface area contributed by atoms with Gasteiger partial charge in [-0.2, -0.15) is 5.26 Å². The first-order valence-electron chi connectivity index (χ1n) is 6.18. The smallest absolute Gasteiger partial charge is 0.275 e. The molecule has 0 spiro atoms.